The molecule has 0 fully saturated rings. The topological polar surface area (TPSA) is 51.2 Å². The number of nitrogens with one attached hydrogen (secondary N) is 1. The number of carbonyl (C=O) groups is 1. The first kappa shape index (κ1) is 15.3. The summed E-state index contributed by atoms with van der Waals surface area (Å²) < 4.78 is 5.14. The second-order valence-electron chi connectivity index (χ2n) is 4.45. The molecule has 0 saturated carbocycles. The van der Waals surface area contributed by atoms with Gasteiger partial charge in [0.2, 0.25) is 5.91 Å². The van der Waals surface area contributed by atoms with Crippen molar-refractivity contribution in [3.63, 3.8) is 0 Å². The highest BCUT2D eigenvalue weighted by Gasteiger charge is 2.07. The van der Waals surface area contributed by atoms with Gasteiger partial charge in [0.05, 0.1) is 17.8 Å². The van der Waals surface area contributed by atoms with E-state index in [1.54, 1.807) is 24.5 Å². The van der Waals surface area contributed by atoms with Gasteiger partial charge in [-0.2, -0.15) is 0 Å². The van der Waals surface area contributed by atoms with Crippen molar-refractivity contribution >= 4 is 17.2 Å². The van der Waals surface area contributed by atoms with Crippen LogP contribution in [0.5, 0.6) is 5.75 Å². The van der Waals surface area contributed by atoms with E-state index < -0.39 is 0 Å². The lowest BCUT2D eigenvalue weighted by atomic mass is 10.2. The Morgan fingerprint density at radius 2 is 2.19 bits per heavy atom. The van der Waals surface area contributed by atoms with E-state index in [-0.39, 0.29) is 5.91 Å². The van der Waals surface area contributed by atoms with Crippen LogP contribution in [-0.2, 0) is 11.2 Å². The molecule has 0 unspecified atom stereocenters. The predicted molar refractivity (Wildman–Crippen MR) is 85.6 cm³/mol. The maximum absolute atomic E-state index is 11.5. The number of rotatable bonds is 7. The average Bonchev–Trinajstić information content (AvgIpc) is 3.00. The summed E-state index contributed by atoms with van der Waals surface area (Å²) in [7, 11) is 1.65. The van der Waals surface area contributed by atoms with E-state index in [0.717, 1.165) is 22.0 Å². The minimum absolute atomic E-state index is 0.0242. The van der Waals surface area contributed by atoms with E-state index in [2.05, 4.69) is 16.9 Å². The monoisotopic (exact) mass is 302 g/mol. The summed E-state index contributed by atoms with van der Waals surface area (Å²) in [5, 5.41) is 5.74. The van der Waals surface area contributed by atoms with Gasteiger partial charge < -0.3 is 10.1 Å². The van der Waals surface area contributed by atoms with Gasteiger partial charge in [0.15, 0.2) is 0 Å². The first-order valence-electron chi connectivity index (χ1n) is 6.69. The zero-order chi connectivity index (χ0) is 15.1. The summed E-state index contributed by atoms with van der Waals surface area (Å²) in [6.07, 6.45) is 2.77. The maximum Gasteiger partial charge on any atom is 0.220 e. The molecule has 21 heavy (non-hydrogen) atoms. The van der Waals surface area contributed by atoms with Crippen molar-refractivity contribution in [3.05, 3.63) is 47.3 Å². The third-order valence-electron chi connectivity index (χ3n) is 2.95. The predicted octanol–water partition coefficient (Wildman–Crippen LogP) is 3.05. The molecule has 5 heteroatoms. The molecule has 1 amide bonds. The van der Waals surface area contributed by atoms with Gasteiger partial charge in [0.25, 0.3) is 0 Å². The summed E-state index contributed by atoms with van der Waals surface area (Å²) in [5.41, 5.74) is 1.98. The Labute approximate surface area is 128 Å². The molecule has 2 rings (SSSR count). The number of aromatic nitrogens is 1. The Kier molecular flexibility index (Phi) is 5.51. The van der Waals surface area contributed by atoms with Crippen LogP contribution in [0.1, 0.15) is 11.4 Å². The van der Waals surface area contributed by atoms with Crippen LogP contribution in [0.25, 0.3) is 11.3 Å². The van der Waals surface area contributed by atoms with E-state index in [1.807, 2.05) is 29.6 Å². The highest BCUT2D eigenvalue weighted by atomic mass is 32.1. The van der Waals surface area contributed by atoms with Gasteiger partial charge in [0, 0.05) is 30.3 Å². The van der Waals surface area contributed by atoms with E-state index in [9.17, 15) is 4.79 Å². The average molecular weight is 302 g/mol. The standard InChI is InChI=1S/C16H18N2O2S/c1-3-10-17-15(19)8-9-16-18-14(11-21-16)12-4-6-13(20-2)7-5-12/h3-7,11H,1,8-10H2,2H3,(H,17,19). The van der Waals surface area contributed by atoms with Crippen LogP contribution in [0, 0.1) is 0 Å². The van der Waals surface area contributed by atoms with Crippen LogP contribution in [0.15, 0.2) is 42.3 Å². The fourth-order valence-electron chi connectivity index (χ4n) is 1.81. The van der Waals surface area contributed by atoms with E-state index in [1.165, 1.54) is 0 Å². The Morgan fingerprint density at radius 3 is 2.86 bits per heavy atom. The van der Waals surface area contributed by atoms with Crippen LogP contribution in [0.3, 0.4) is 0 Å². The summed E-state index contributed by atoms with van der Waals surface area (Å²) in [6.45, 7) is 4.07. The molecular formula is C16H18N2O2S. The zero-order valence-electron chi connectivity index (χ0n) is 12.0. The molecule has 0 spiro atoms. The number of nitrogens with zero attached hydrogens (tertiary/aromatic N) is 1. The third kappa shape index (κ3) is 4.43. The summed E-state index contributed by atoms with van der Waals surface area (Å²) in [6, 6.07) is 7.79. The number of benzene rings is 1. The molecule has 0 aliphatic rings. The molecule has 2 aromatic rings. The Morgan fingerprint density at radius 1 is 1.43 bits per heavy atom. The minimum Gasteiger partial charge on any atom is -0.497 e. The highest BCUT2D eigenvalue weighted by Crippen LogP contribution is 2.24. The van der Waals surface area contributed by atoms with Gasteiger partial charge in [-0.05, 0) is 24.3 Å². The van der Waals surface area contributed by atoms with Gasteiger partial charge >= 0.3 is 0 Å². The van der Waals surface area contributed by atoms with Crippen molar-refractivity contribution in [2.75, 3.05) is 13.7 Å². The lowest BCUT2D eigenvalue weighted by molar-refractivity contribution is -0.120. The van der Waals surface area contributed by atoms with Crippen molar-refractivity contribution in [2.45, 2.75) is 12.8 Å². The SMILES string of the molecule is C=CCNC(=O)CCc1nc(-c2ccc(OC)cc2)cs1. The number of amides is 1. The molecule has 110 valence electrons. The fourth-order valence-corrected chi connectivity index (χ4v) is 2.62. The molecule has 1 aromatic heterocycles. The summed E-state index contributed by atoms with van der Waals surface area (Å²) >= 11 is 1.58. The van der Waals surface area contributed by atoms with Crippen molar-refractivity contribution < 1.29 is 9.53 Å². The van der Waals surface area contributed by atoms with Gasteiger partial charge in [-0.1, -0.05) is 6.08 Å². The number of hydrogen-bond donors (Lipinski definition) is 1. The Hall–Kier alpha value is -2.14. The molecular weight excluding hydrogens is 284 g/mol. The molecule has 0 radical (unpaired) electrons. The van der Waals surface area contributed by atoms with Gasteiger partial charge in [0.1, 0.15) is 5.75 Å². The number of methoxy groups -OCH3 is 1. The van der Waals surface area contributed by atoms with Crippen LogP contribution >= 0.6 is 11.3 Å². The third-order valence-corrected chi connectivity index (χ3v) is 3.86. The van der Waals surface area contributed by atoms with Crippen LogP contribution in [0.4, 0.5) is 0 Å². The van der Waals surface area contributed by atoms with Crippen LogP contribution in [-0.4, -0.2) is 24.5 Å². The van der Waals surface area contributed by atoms with Crippen molar-refractivity contribution in [1.29, 1.82) is 0 Å². The minimum atomic E-state index is 0.0242. The molecule has 1 N–H and O–H groups in total. The number of thiazole rings is 1. The summed E-state index contributed by atoms with van der Waals surface area (Å²) in [5.74, 6) is 0.851. The molecule has 1 heterocycles. The quantitative estimate of drug-likeness (QED) is 0.800. The second-order valence-corrected chi connectivity index (χ2v) is 5.39. The van der Waals surface area contributed by atoms with E-state index in [4.69, 9.17) is 4.74 Å². The Balaban J connectivity index is 1.94. The van der Waals surface area contributed by atoms with Crippen molar-refractivity contribution in [3.8, 4) is 17.0 Å². The smallest absolute Gasteiger partial charge is 0.220 e. The first-order valence-corrected chi connectivity index (χ1v) is 7.57. The molecule has 1 aromatic carbocycles. The van der Waals surface area contributed by atoms with Crippen LogP contribution in [0.2, 0.25) is 0 Å². The maximum atomic E-state index is 11.5. The van der Waals surface area contributed by atoms with Gasteiger partial charge in [-0.3, -0.25) is 4.79 Å². The number of carbonyl (C=O) groups excluding carboxylic acids is 1. The van der Waals surface area contributed by atoms with E-state index >= 15 is 0 Å². The second kappa shape index (κ2) is 7.59. The molecule has 0 atom stereocenters. The fraction of sp³-hybridized carbons (Fsp3) is 0.250. The molecule has 0 aliphatic heterocycles. The zero-order valence-corrected chi connectivity index (χ0v) is 12.8. The first-order chi connectivity index (χ1) is 10.2. The van der Waals surface area contributed by atoms with Gasteiger partial charge in [-0.25, -0.2) is 4.98 Å². The van der Waals surface area contributed by atoms with E-state index in [0.29, 0.717) is 19.4 Å². The van der Waals surface area contributed by atoms with Crippen molar-refractivity contribution in [1.82, 2.24) is 10.3 Å². The van der Waals surface area contributed by atoms with Crippen molar-refractivity contribution in [2.24, 2.45) is 0 Å². The molecule has 4 nitrogen and oxygen atoms in total. The molecule has 0 saturated heterocycles. The highest BCUT2D eigenvalue weighted by molar-refractivity contribution is 7.09. The van der Waals surface area contributed by atoms with Gasteiger partial charge in [-0.15, -0.1) is 17.9 Å². The Bertz CT molecular complexity index is 605. The largest absolute Gasteiger partial charge is 0.497 e. The number of aryl methyl sites for hydroxylation is 1. The lowest BCUT2D eigenvalue weighted by Crippen LogP contribution is -2.23. The number of ether oxygens (including phenoxy) is 1. The van der Waals surface area contributed by atoms with Crippen LogP contribution < -0.4 is 10.1 Å². The summed E-state index contributed by atoms with van der Waals surface area (Å²) in [4.78, 5) is 16.1. The molecule has 0 aliphatic carbocycles. The lowest BCUT2D eigenvalue weighted by Gasteiger charge is -2.01. The molecule has 0 bridgehead atoms. The normalized spacial score (nSPS) is 10.1. The number of hydrogen-bond acceptors (Lipinski definition) is 4.